The van der Waals surface area contributed by atoms with Crippen LogP contribution in [0.3, 0.4) is 0 Å². The molecule has 2 aliphatic rings. The van der Waals surface area contributed by atoms with Crippen molar-refractivity contribution in [2.45, 2.75) is 37.0 Å². The fraction of sp³-hybridized carbons (Fsp3) is 0.357. The van der Waals surface area contributed by atoms with E-state index in [9.17, 15) is 17.6 Å². The van der Waals surface area contributed by atoms with Crippen LogP contribution >= 0.6 is 0 Å². The summed E-state index contributed by atoms with van der Waals surface area (Å²) in [4.78, 5) is 15.2. The van der Waals surface area contributed by atoms with E-state index in [1.54, 1.807) is 25.1 Å². The molecule has 2 fully saturated rings. The quantitative estimate of drug-likeness (QED) is 0.467. The molecule has 0 radical (unpaired) electrons. The largest absolute Gasteiger partial charge is 0.355 e. The molecule has 37 heavy (non-hydrogen) atoms. The molecule has 0 spiro atoms. The Morgan fingerprint density at radius 1 is 1.03 bits per heavy atom. The van der Waals surface area contributed by atoms with Gasteiger partial charge in [0.25, 0.3) is 0 Å². The maximum absolute atomic E-state index is 14.0. The van der Waals surface area contributed by atoms with Crippen molar-refractivity contribution in [3.63, 3.8) is 0 Å². The second kappa shape index (κ2) is 10.6. The fourth-order valence-corrected chi connectivity index (χ4v) is 7.06. The van der Waals surface area contributed by atoms with E-state index >= 15 is 0 Å². The minimum atomic E-state index is -3.98. The van der Waals surface area contributed by atoms with Gasteiger partial charge in [-0.3, -0.25) is 4.79 Å². The third-order valence-electron chi connectivity index (χ3n) is 7.25. The molecule has 2 aromatic carbocycles. The van der Waals surface area contributed by atoms with Crippen molar-refractivity contribution >= 4 is 28.1 Å². The molecule has 0 unspecified atom stereocenters. The number of nitrogens with zero attached hydrogens (tertiary/aromatic N) is 3. The average molecular weight is 524 g/mol. The van der Waals surface area contributed by atoms with E-state index in [2.05, 4.69) is 17.3 Å². The zero-order valence-corrected chi connectivity index (χ0v) is 21.5. The van der Waals surface area contributed by atoms with Crippen LogP contribution in [-0.4, -0.2) is 54.9 Å². The molecule has 2 saturated heterocycles. The van der Waals surface area contributed by atoms with Crippen LogP contribution in [0.25, 0.3) is 12.2 Å². The summed E-state index contributed by atoms with van der Waals surface area (Å²) in [6.45, 7) is 3.34. The monoisotopic (exact) mass is 523 g/mol. The van der Waals surface area contributed by atoms with Crippen molar-refractivity contribution in [3.8, 4) is 0 Å². The summed E-state index contributed by atoms with van der Waals surface area (Å²) < 4.78 is 48.1. The number of benzene rings is 2. The first-order valence-electron chi connectivity index (χ1n) is 12.6. The van der Waals surface area contributed by atoms with Crippen LogP contribution < -0.4 is 0 Å². The Kier molecular flexibility index (Phi) is 7.26. The molecule has 7 nitrogen and oxygen atoms in total. The summed E-state index contributed by atoms with van der Waals surface area (Å²) in [6, 6.07) is 16.4. The van der Waals surface area contributed by atoms with Gasteiger partial charge in [0, 0.05) is 37.7 Å². The molecular formula is C28H30FN3O4S. The highest BCUT2D eigenvalue weighted by molar-refractivity contribution is 7.89. The molecule has 0 saturated carbocycles. The first-order valence-corrected chi connectivity index (χ1v) is 14.0. The van der Waals surface area contributed by atoms with Crippen molar-refractivity contribution in [3.05, 3.63) is 83.0 Å². The SMILES string of the molecule is Cc1noc(/C=C/c2ccccc2F)c1S(=O)(=O)N1CCC[C@H](C(=O)N2CC[C@@H](c3ccccc3)C2)C1. The van der Waals surface area contributed by atoms with Crippen LogP contribution in [-0.2, 0) is 14.8 Å². The molecule has 194 valence electrons. The fourth-order valence-electron chi connectivity index (χ4n) is 5.28. The predicted molar refractivity (Wildman–Crippen MR) is 138 cm³/mol. The first kappa shape index (κ1) is 25.4. The minimum Gasteiger partial charge on any atom is -0.355 e. The number of sulfonamides is 1. The summed E-state index contributed by atoms with van der Waals surface area (Å²) in [6.07, 6.45) is 5.04. The van der Waals surface area contributed by atoms with Gasteiger partial charge in [-0.1, -0.05) is 53.7 Å². The summed E-state index contributed by atoms with van der Waals surface area (Å²) in [7, 11) is -3.98. The molecule has 0 aliphatic carbocycles. The van der Waals surface area contributed by atoms with Gasteiger partial charge in [0.2, 0.25) is 15.9 Å². The van der Waals surface area contributed by atoms with E-state index in [1.807, 2.05) is 23.1 Å². The van der Waals surface area contributed by atoms with Crippen molar-refractivity contribution in [2.75, 3.05) is 26.2 Å². The zero-order chi connectivity index (χ0) is 26.0. The summed E-state index contributed by atoms with van der Waals surface area (Å²) >= 11 is 0. The van der Waals surface area contributed by atoms with Crippen molar-refractivity contribution < 1.29 is 22.1 Å². The van der Waals surface area contributed by atoms with Crippen LogP contribution in [0, 0.1) is 18.7 Å². The molecule has 9 heteroatoms. The van der Waals surface area contributed by atoms with E-state index in [0.29, 0.717) is 44.0 Å². The summed E-state index contributed by atoms with van der Waals surface area (Å²) in [5, 5.41) is 3.87. The number of likely N-dealkylation sites (tertiary alicyclic amines) is 1. The van der Waals surface area contributed by atoms with Crippen LogP contribution in [0.4, 0.5) is 4.39 Å². The Labute approximate surface area is 216 Å². The Hall–Kier alpha value is -3.30. The number of aromatic nitrogens is 1. The minimum absolute atomic E-state index is 0.0139. The highest BCUT2D eigenvalue weighted by atomic mass is 32.2. The van der Waals surface area contributed by atoms with Gasteiger partial charge in [-0.05, 0) is 50.0 Å². The molecule has 3 aromatic rings. The molecule has 5 rings (SSSR count). The predicted octanol–water partition coefficient (Wildman–Crippen LogP) is 4.71. The number of piperidine rings is 1. The molecular weight excluding hydrogens is 493 g/mol. The van der Waals surface area contributed by atoms with Crippen LogP contribution in [0.2, 0.25) is 0 Å². The standard InChI is InChI=1S/C28H30FN3O4S/c1-20-27(26(36-30-20)14-13-22-10-5-6-12-25(22)29)37(34,35)32-16-7-11-24(19-32)28(33)31-17-15-23(18-31)21-8-3-2-4-9-21/h2-6,8-10,12-14,23-24H,7,11,15-19H2,1H3/b14-13+/t23-,24+/m1/s1. The van der Waals surface area contributed by atoms with Gasteiger partial charge in [0.15, 0.2) is 10.7 Å². The molecule has 1 aromatic heterocycles. The molecule has 0 bridgehead atoms. The average Bonchev–Trinajstić information content (AvgIpc) is 3.56. The molecule has 2 atom stereocenters. The lowest BCUT2D eigenvalue weighted by Crippen LogP contribution is -2.46. The molecule has 1 amide bonds. The van der Waals surface area contributed by atoms with Crippen molar-refractivity contribution in [2.24, 2.45) is 5.92 Å². The normalized spacial score (nSPS) is 21.1. The van der Waals surface area contributed by atoms with Gasteiger partial charge in [0.1, 0.15) is 11.5 Å². The number of amides is 1. The third-order valence-corrected chi connectivity index (χ3v) is 9.28. The molecule has 3 heterocycles. The summed E-state index contributed by atoms with van der Waals surface area (Å²) in [5.74, 6) is -0.458. The second-order valence-electron chi connectivity index (χ2n) is 9.70. The number of aryl methyl sites for hydroxylation is 1. The first-order chi connectivity index (χ1) is 17.8. The van der Waals surface area contributed by atoms with E-state index in [-0.39, 0.29) is 28.8 Å². The highest BCUT2D eigenvalue weighted by Crippen LogP contribution is 2.32. The Morgan fingerprint density at radius 3 is 2.57 bits per heavy atom. The van der Waals surface area contributed by atoms with Gasteiger partial charge in [-0.25, -0.2) is 12.8 Å². The highest BCUT2D eigenvalue weighted by Gasteiger charge is 2.39. The van der Waals surface area contributed by atoms with Gasteiger partial charge >= 0.3 is 0 Å². The van der Waals surface area contributed by atoms with Gasteiger partial charge in [0.05, 0.1) is 5.92 Å². The van der Waals surface area contributed by atoms with Gasteiger partial charge < -0.3 is 9.42 Å². The number of carbonyl (C=O) groups excluding carboxylic acids is 1. The van der Waals surface area contributed by atoms with E-state index in [4.69, 9.17) is 4.52 Å². The lowest BCUT2D eigenvalue weighted by atomic mass is 9.97. The second-order valence-corrected chi connectivity index (χ2v) is 11.6. The van der Waals surface area contributed by atoms with Crippen molar-refractivity contribution in [1.82, 2.24) is 14.4 Å². The molecule has 2 aliphatic heterocycles. The topological polar surface area (TPSA) is 83.7 Å². The van der Waals surface area contributed by atoms with Crippen LogP contribution in [0.1, 0.15) is 47.8 Å². The molecule has 0 N–H and O–H groups in total. The number of rotatable bonds is 6. The van der Waals surface area contributed by atoms with Crippen LogP contribution in [0.5, 0.6) is 0 Å². The number of hydrogen-bond acceptors (Lipinski definition) is 5. The summed E-state index contributed by atoms with van der Waals surface area (Å²) in [5.41, 5.74) is 1.76. The van der Waals surface area contributed by atoms with Gasteiger partial charge in [-0.2, -0.15) is 4.31 Å². The number of carbonyl (C=O) groups is 1. The van der Waals surface area contributed by atoms with E-state index < -0.39 is 21.8 Å². The Morgan fingerprint density at radius 2 is 1.78 bits per heavy atom. The van der Waals surface area contributed by atoms with Crippen molar-refractivity contribution in [1.29, 1.82) is 0 Å². The smallest absolute Gasteiger partial charge is 0.248 e. The number of hydrogen-bond donors (Lipinski definition) is 0. The van der Waals surface area contributed by atoms with Crippen LogP contribution in [0.15, 0.2) is 64.0 Å². The van der Waals surface area contributed by atoms with E-state index in [0.717, 1.165) is 6.42 Å². The van der Waals surface area contributed by atoms with E-state index in [1.165, 1.54) is 28.1 Å². The lowest BCUT2D eigenvalue weighted by Gasteiger charge is -2.33. The number of halogens is 1. The Bertz CT molecular complexity index is 1400. The zero-order valence-electron chi connectivity index (χ0n) is 20.7. The van der Waals surface area contributed by atoms with Gasteiger partial charge in [-0.15, -0.1) is 0 Å². The maximum atomic E-state index is 14.0. The Balaban J connectivity index is 1.31. The maximum Gasteiger partial charge on any atom is 0.248 e. The lowest BCUT2D eigenvalue weighted by molar-refractivity contribution is -0.135. The third kappa shape index (κ3) is 5.24.